The maximum atomic E-state index is 12.4. The molecule has 1 aromatic heterocycles. The maximum absolute atomic E-state index is 12.4. The van der Waals surface area contributed by atoms with E-state index < -0.39 is 0 Å². The Labute approximate surface area is 118 Å². The van der Waals surface area contributed by atoms with Crippen LogP contribution < -0.4 is 5.32 Å². The number of para-hydroxylation sites is 1. The van der Waals surface area contributed by atoms with Gasteiger partial charge in [-0.05, 0) is 49.1 Å². The van der Waals surface area contributed by atoms with Crippen LogP contribution in [0.3, 0.4) is 0 Å². The number of nitrogens with one attached hydrogen (secondary N) is 2. The highest BCUT2D eigenvalue weighted by Crippen LogP contribution is 2.58. The molecular formula is C17H20N2O. The van der Waals surface area contributed by atoms with E-state index in [1.807, 2.05) is 30.5 Å². The molecule has 2 fully saturated rings. The summed E-state index contributed by atoms with van der Waals surface area (Å²) in [7, 11) is 0. The van der Waals surface area contributed by atoms with Crippen LogP contribution in [0.15, 0.2) is 30.5 Å². The molecule has 0 radical (unpaired) electrons. The first-order chi connectivity index (χ1) is 9.65. The summed E-state index contributed by atoms with van der Waals surface area (Å²) in [6.45, 7) is 2.32. The molecular weight excluding hydrogens is 248 g/mol. The molecule has 2 aliphatic rings. The zero-order chi connectivity index (χ0) is 13.7. The quantitative estimate of drug-likeness (QED) is 0.860. The van der Waals surface area contributed by atoms with Gasteiger partial charge in [0, 0.05) is 17.6 Å². The van der Waals surface area contributed by atoms with Crippen LogP contribution in [-0.2, 0) is 0 Å². The summed E-state index contributed by atoms with van der Waals surface area (Å²) >= 11 is 0. The number of rotatable bonds is 2. The zero-order valence-corrected chi connectivity index (χ0v) is 11.8. The monoisotopic (exact) mass is 268 g/mol. The minimum absolute atomic E-state index is 0.0604. The molecule has 0 aliphatic heterocycles. The van der Waals surface area contributed by atoms with E-state index in [1.54, 1.807) is 0 Å². The molecule has 4 rings (SSSR count). The van der Waals surface area contributed by atoms with Gasteiger partial charge in [0.25, 0.3) is 5.91 Å². The molecule has 2 aliphatic carbocycles. The molecule has 0 unspecified atom stereocenters. The molecule has 0 bridgehead atoms. The highest BCUT2D eigenvalue weighted by molar-refractivity contribution is 6.05. The third-order valence-corrected chi connectivity index (χ3v) is 5.09. The van der Waals surface area contributed by atoms with Gasteiger partial charge in [-0.15, -0.1) is 0 Å². The molecule has 2 aromatic rings. The molecule has 2 N–H and O–H groups in total. The van der Waals surface area contributed by atoms with Gasteiger partial charge in [-0.2, -0.15) is 0 Å². The first-order valence-corrected chi connectivity index (χ1v) is 7.52. The second-order valence-electron chi connectivity index (χ2n) is 6.84. The zero-order valence-electron chi connectivity index (χ0n) is 11.8. The van der Waals surface area contributed by atoms with Gasteiger partial charge < -0.3 is 10.3 Å². The lowest BCUT2D eigenvalue weighted by Gasteiger charge is -2.57. The summed E-state index contributed by atoms with van der Waals surface area (Å²) < 4.78 is 0. The smallest absolute Gasteiger partial charge is 0.253 e. The maximum Gasteiger partial charge on any atom is 0.253 e. The highest BCUT2D eigenvalue weighted by Gasteiger charge is 2.51. The summed E-state index contributed by atoms with van der Waals surface area (Å²) in [5, 5.41) is 4.29. The van der Waals surface area contributed by atoms with E-state index in [0.29, 0.717) is 11.5 Å². The van der Waals surface area contributed by atoms with E-state index in [2.05, 4.69) is 17.2 Å². The van der Waals surface area contributed by atoms with Gasteiger partial charge in [-0.3, -0.25) is 4.79 Å². The Hall–Kier alpha value is -1.77. The second kappa shape index (κ2) is 4.11. The molecule has 0 atom stereocenters. The fourth-order valence-electron chi connectivity index (χ4n) is 4.38. The van der Waals surface area contributed by atoms with Crippen molar-refractivity contribution in [3.63, 3.8) is 0 Å². The number of benzene rings is 1. The van der Waals surface area contributed by atoms with Crippen LogP contribution >= 0.6 is 0 Å². The molecule has 3 heteroatoms. The lowest BCUT2D eigenvalue weighted by Crippen LogP contribution is -2.55. The molecule has 1 heterocycles. The number of amides is 1. The van der Waals surface area contributed by atoms with Crippen molar-refractivity contribution in [2.24, 2.45) is 11.3 Å². The largest absolute Gasteiger partial charge is 0.361 e. The minimum atomic E-state index is 0.0604. The van der Waals surface area contributed by atoms with E-state index in [0.717, 1.165) is 22.4 Å². The van der Waals surface area contributed by atoms with Gasteiger partial charge in [0.05, 0.1) is 11.1 Å². The molecule has 0 saturated heterocycles. The van der Waals surface area contributed by atoms with Crippen molar-refractivity contribution in [2.75, 3.05) is 0 Å². The Morgan fingerprint density at radius 1 is 1.25 bits per heavy atom. The molecule has 1 amide bonds. The normalized spacial score (nSPS) is 31.9. The highest BCUT2D eigenvalue weighted by atomic mass is 16.1. The van der Waals surface area contributed by atoms with E-state index in [9.17, 15) is 4.79 Å². The number of hydrogen-bond acceptors (Lipinski definition) is 1. The SMILES string of the molecule is CC1CC2(C1)CC(NC(=O)c1cccc3cc[nH]c13)C2. The van der Waals surface area contributed by atoms with Crippen LogP contribution in [0.25, 0.3) is 10.9 Å². The van der Waals surface area contributed by atoms with Gasteiger partial charge in [-0.1, -0.05) is 19.1 Å². The first-order valence-electron chi connectivity index (χ1n) is 7.52. The molecule has 2 saturated carbocycles. The topological polar surface area (TPSA) is 44.9 Å². The molecule has 1 spiro atoms. The van der Waals surface area contributed by atoms with Gasteiger partial charge >= 0.3 is 0 Å². The van der Waals surface area contributed by atoms with E-state index in [4.69, 9.17) is 0 Å². The third-order valence-electron chi connectivity index (χ3n) is 5.09. The summed E-state index contributed by atoms with van der Waals surface area (Å²) in [5.41, 5.74) is 2.28. The third kappa shape index (κ3) is 1.76. The summed E-state index contributed by atoms with van der Waals surface area (Å²) in [6.07, 6.45) is 6.93. The predicted octanol–water partition coefficient (Wildman–Crippen LogP) is 3.48. The summed E-state index contributed by atoms with van der Waals surface area (Å²) in [6, 6.07) is 8.24. The number of hydrogen-bond donors (Lipinski definition) is 2. The number of H-pyrrole nitrogens is 1. The van der Waals surface area contributed by atoms with Crippen molar-refractivity contribution in [3.05, 3.63) is 36.0 Å². The van der Waals surface area contributed by atoms with Crippen molar-refractivity contribution in [2.45, 2.75) is 38.6 Å². The van der Waals surface area contributed by atoms with Crippen molar-refractivity contribution >= 4 is 16.8 Å². The number of fused-ring (bicyclic) bond motifs is 1. The van der Waals surface area contributed by atoms with Gasteiger partial charge in [0.2, 0.25) is 0 Å². The Morgan fingerprint density at radius 3 is 2.80 bits per heavy atom. The second-order valence-corrected chi connectivity index (χ2v) is 6.84. The first kappa shape index (κ1) is 12.0. The number of aromatic nitrogens is 1. The average Bonchev–Trinajstić information content (AvgIpc) is 2.82. The van der Waals surface area contributed by atoms with Crippen LogP contribution in [0.1, 0.15) is 43.0 Å². The van der Waals surface area contributed by atoms with Crippen LogP contribution in [0, 0.1) is 11.3 Å². The van der Waals surface area contributed by atoms with Crippen molar-refractivity contribution in [3.8, 4) is 0 Å². The Balaban J connectivity index is 1.45. The van der Waals surface area contributed by atoms with Crippen molar-refractivity contribution < 1.29 is 4.79 Å². The standard InChI is InChI=1S/C17H20N2O/c1-11-7-17(8-11)9-13(10-17)19-16(20)14-4-2-3-12-5-6-18-15(12)14/h2-6,11,13,18H,7-10H2,1H3,(H,19,20). The molecule has 3 nitrogen and oxygen atoms in total. The van der Waals surface area contributed by atoms with Gasteiger partial charge in [-0.25, -0.2) is 0 Å². The Kier molecular flexibility index (Phi) is 2.47. The number of aromatic amines is 1. The van der Waals surface area contributed by atoms with Crippen LogP contribution in [-0.4, -0.2) is 16.9 Å². The van der Waals surface area contributed by atoms with Crippen molar-refractivity contribution in [1.29, 1.82) is 0 Å². The number of carbonyl (C=O) groups is 1. The van der Waals surface area contributed by atoms with Gasteiger partial charge in [0.1, 0.15) is 0 Å². The van der Waals surface area contributed by atoms with Crippen LogP contribution in [0.5, 0.6) is 0 Å². The summed E-state index contributed by atoms with van der Waals surface area (Å²) in [5.74, 6) is 0.949. The number of carbonyl (C=O) groups excluding carboxylic acids is 1. The fourth-order valence-corrected chi connectivity index (χ4v) is 4.38. The molecule has 20 heavy (non-hydrogen) atoms. The summed E-state index contributed by atoms with van der Waals surface area (Å²) in [4.78, 5) is 15.6. The van der Waals surface area contributed by atoms with E-state index >= 15 is 0 Å². The molecule has 104 valence electrons. The average molecular weight is 268 g/mol. The Bertz CT molecular complexity index is 658. The van der Waals surface area contributed by atoms with Crippen molar-refractivity contribution in [1.82, 2.24) is 10.3 Å². The lowest BCUT2D eigenvalue weighted by atomic mass is 9.50. The fraction of sp³-hybridized carbons (Fsp3) is 0.471. The Morgan fingerprint density at radius 2 is 2.05 bits per heavy atom. The van der Waals surface area contributed by atoms with Gasteiger partial charge in [0.15, 0.2) is 0 Å². The lowest BCUT2D eigenvalue weighted by molar-refractivity contribution is -0.0399. The predicted molar refractivity (Wildman–Crippen MR) is 79.6 cm³/mol. The van der Waals surface area contributed by atoms with E-state index in [1.165, 1.54) is 25.7 Å². The van der Waals surface area contributed by atoms with Crippen LogP contribution in [0.4, 0.5) is 0 Å². The minimum Gasteiger partial charge on any atom is -0.361 e. The molecule has 1 aromatic carbocycles. The van der Waals surface area contributed by atoms with Crippen LogP contribution in [0.2, 0.25) is 0 Å². The van der Waals surface area contributed by atoms with E-state index in [-0.39, 0.29) is 5.91 Å².